The molecule has 1 atom stereocenters. The molecule has 5 heteroatoms. The van der Waals surface area contributed by atoms with Gasteiger partial charge in [-0.05, 0) is 51.8 Å². The molecule has 124 valence electrons. The van der Waals surface area contributed by atoms with Gasteiger partial charge in [0.05, 0.1) is 10.7 Å². The van der Waals surface area contributed by atoms with Crippen LogP contribution >= 0.6 is 12.2 Å². The molecule has 0 radical (unpaired) electrons. The molecule has 0 saturated heterocycles. The molecule has 0 bridgehead atoms. The molecule has 23 heavy (non-hydrogen) atoms. The highest BCUT2D eigenvalue weighted by Gasteiger charge is 2.26. The summed E-state index contributed by atoms with van der Waals surface area (Å²) in [6.07, 6.45) is 7.63. The molecule has 1 aromatic rings. The van der Waals surface area contributed by atoms with Gasteiger partial charge in [-0.3, -0.25) is 9.78 Å². The summed E-state index contributed by atoms with van der Waals surface area (Å²) < 4.78 is 5.28. The maximum absolute atomic E-state index is 12.2. The summed E-state index contributed by atoms with van der Waals surface area (Å²) >= 11 is 4.97. The maximum Gasteiger partial charge on any atom is 0.322 e. The fourth-order valence-electron chi connectivity index (χ4n) is 1.97. The maximum atomic E-state index is 12.2. The number of carbonyl (C=O) groups excluding carboxylic acids is 1. The SMILES string of the molecule is CC(C)=CCC/C(C)=C/COC(=O)C(C(N)=S)c1ccccn1. The van der Waals surface area contributed by atoms with Crippen molar-refractivity contribution in [2.24, 2.45) is 5.73 Å². The number of nitrogens with two attached hydrogens (primary N) is 1. The predicted molar refractivity (Wildman–Crippen MR) is 97.1 cm³/mol. The number of allylic oxidation sites excluding steroid dienone is 3. The number of hydrogen-bond donors (Lipinski definition) is 1. The Morgan fingerprint density at radius 1 is 1.35 bits per heavy atom. The Hall–Kier alpha value is -2.01. The third-order valence-electron chi connectivity index (χ3n) is 3.25. The molecule has 0 spiro atoms. The average Bonchev–Trinajstić information content (AvgIpc) is 2.47. The van der Waals surface area contributed by atoms with Crippen LogP contribution in [-0.2, 0) is 9.53 Å². The van der Waals surface area contributed by atoms with Gasteiger partial charge in [-0.15, -0.1) is 0 Å². The van der Waals surface area contributed by atoms with Crippen molar-refractivity contribution in [3.05, 3.63) is 53.4 Å². The first kappa shape index (κ1) is 19.0. The van der Waals surface area contributed by atoms with Gasteiger partial charge in [0.2, 0.25) is 0 Å². The summed E-state index contributed by atoms with van der Waals surface area (Å²) in [6.45, 7) is 6.39. The first-order valence-corrected chi connectivity index (χ1v) is 7.98. The van der Waals surface area contributed by atoms with E-state index in [9.17, 15) is 4.79 Å². The fraction of sp³-hybridized carbons (Fsp3) is 0.389. The minimum atomic E-state index is -0.800. The second kappa shape index (κ2) is 9.90. The molecule has 2 N–H and O–H groups in total. The monoisotopic (exact) mass is 332 g/mol. The van der Waals surface area contributed by atoms with E-state index in [1.807, 2.05) is 13.0 Å². The molecule has 0 aromatic carbocycles. The number of rotatable bonds is 8. The van der Waals surface area contributed by atoms with Crippen LogP contribution in [0.4, 0.5) is 0 Å². The van der Waals surface area contributed by atoms with Crippen LogP contribution in [0.15, 0.2) is 47.7 Å². The van der Waals surface area contributed by atoms with Gasteiger partial charge in [0.15, 0.2) is 0 Å². The van der Waals surface area contributed by atoms with Crippen LogP contribution in [0.2, 0.25) is 0 Å². The van der Waals surface area contributed by atoms with Gasteiger partial charge in [-0.25, -0.2) is 0 Å². The number of pyridine rings is 1. The van der Waals surface area contributed by atoms with Crippen molar-refractivity contribution in [1.29, 1.82) is 0 Å². The van der Waals surface area contributed by atoms with Crippen molar-refractivity contribution in [1.82, 2.24) is 4.98 Å². The van der Waals surface area contributed by atoms with Crippen LogP contribution in [0.5, 0.6) is 0 Å². The molecule has 0 aliphatic heterocycles. The van der Waals surface area contributed by atoms with Crippen LogP contribution in [0.25, 0.3) is 0 Å². The van der Waals surface area contributed by atoms with E-state index in [0.717, 1.165) is 12.8 Å². The molecule has 0 amide bonds. The third kappa shape index (κ3) is 7.19. The first-order chi connectivity index (χ1) is 10.9. The van der Waals surface area contributed by atoms with E-state index in [4.69, 9.17) is 22.7 Å². The highest BCUT2D eigenvalue weighted by molar-refractivity contribution is 7.80. The largest absolute Gasteiger partial charge is 0.461 e. The van der Waals surface area contributed by atoms with Crippen LogP contribution in [0.1, 0.15) is 45.2 Å². The van der Waals surface area contributed by atoms with Crippen molar-refractivity contribution in [2.45, 2.75) is 39.5 Å². The van der Waals surface area contributed by atoms with Gasteiger partial charge in [-0.1, -0.05) is 35.5 Å². The molecule has 0 fully saturated rings. The Bertz CT molecular complexity index is 590. The quantitative estimate of drug-likeness (QED) is 0.447. The minimum Gasteiger partial charge on any atom is -0.461 e. The van der Waals surface area contributed by atoms with Crippen LogP contribution in [0, 0.1) is 0 Å². The highest BCUT2D eigenvalue weighted by Crippen LogP contribution is 2.15. The molecule has 1 rings (SSSR count). The van der Waals surface area contributed by atoms with E-state index in [2.05, 4.69) is 24.9 Å². The van der Waals surface area contributed by atoms with E-state index < -0.39 is 11.9 Å². The molecular formula is C18H24N2O2S. The summed E-state index contributed by atoms with van der Waals surface area (Å²) in [5.74, 6) is -1.27. The second-order valence-corrected chi connectivity index (χ2v) is 6.06. The van der Waals surface area contributed by atoms with Gasteiger partial charge < -0.3 is 10.5 Å². The van der Waals surface area contributed by atoms with Crippen molar-refractivity contribution >= 4 is 23.2 Å². The summed E-state index contributed by atoms with van der Waals surface area (Å²) in [4.78, 5) is 16.4. The first-order valence-electron chi connectivity index (χ1n) is 7.57. The Labute approximate surface area is 143 Å². The van der Waals surface area contributed by atoms with Gasteiger partial charge >= 0.3 is 5.97 Å². The summed E-state index contributed by atoms with van der Waals surface area (Å²) in [6, 6.07) is 5.27. The van der Waals surface area contributed by atoms with Crippen LogP contribution in [-0.4, -0.2) is 22.5 Å². The topological polar surface area (TPSA) is 65.2 Å². The zero-order chi connectivity index (χ0) is 17.2. The molecule has 0 saturated carbocycles. The third-order valence-corrected chi connectivity index (χ3v) is 3.49. The fourth-order valence-corrected chi connectivity index (χ4v) is 2.19. The number of hydrogen-bond acceptors (Lipinski definition) is 4. The Morgan fingerprint density at radius 2 is 2.09 bits per heavy atom. The smallest absolute Gasteiger partial charge is 0.322 e. The molecular weight excluding hydrogens is 308 g/mol. The zero-order valence-electron chi connectivity index (χ0n) is 13.9. The highest BCUT2D eigenvalue weighted by atomic mass is 32.1. The summed E-state index contributed by atoms with van der Waals surface area (Å²) in [7, 11) is 0. The number of nitrogens with zero attached hydrogens (tertiary/aromatic N) is 1. The van der Waals surface area contributed by atoms with E-state index in [0.29, 0.717) is 5.69 Å². The average molecular weight is 332 g/mol. The molecule has 4 nitrogen and oxygen atoms in total. The van der Waals surface area contributed by atoms with Crippen molar-refractivity contribution in [3.63, 3.8) is 0 Å². The lowest BCUT2D eigenvalue weighted by Gasteiger charge is -2.13. The molecule has 1 unspecified atom stereocenters. The second-order valence-electron chi connectivity index (χ2n) is 5.59. The lowest BCUT2D eigenvalue weighted by atomic mass is 10.1. The normalized spacial score (nSPS) is 12.4. The Balaban J connectivity index is 2.57. The van der Waals surface area contributed by atoms with Gasteiger partial charge in [0, 0.05) is 6.20 Å². The van der Waals surface area contributed by atoms with E-state index in [-0.39, 0.29) is 11.6 Å². The van der Waals surface area contributed by atoms with Gasteiger partial charge in [-0.2, -0.15) is 0 Å². The zero-order valence-corrected chi connectivity index (χ0v) is 14.7. The summed E-state index contributed by atoms with van der Waals surface area (Å²) in [5.41, 5.74) is 8.66. The Morgan fingerprint density at radius 3 is 2.65 bits per heavy atom. The van der Waals surface area contributed by atoms with E-state index in [1.165, 1.54) is 11.1 Å². The molecule has 1 heterocycles. The van der Waals surface area contributed by atoms with Crippen molar-refractivity contribution < 1.29 is 9.53 Å². The van der Waals surface area contributed by atoms with Crippen LogP contribution in [0.3, 0.4) is 0 Å². The van der Waals surface area contributed by atoms with Crippen molar-refractivity contribution in [3.8, 4) is 0 Å². The van der Waals surface area contributed by atoms with E-state index in [1.54, 1.807) is 24.4 Å². The van der Waals surface area contributed by atoms with Gasteiger partial charge in [0.25, 0.3) is 0 Å². The lowest BCUT2D eigenvalue weighted by Crippen LogP contribution is -2.29. The molecule has 0 aliphatic carbocycles. The molecule has 0 aliphatic rings. The predicted octanol–water partition coefficient (Wildman–Crippen LogP) is 3.69. The summed E-state index contributed by atoms with van der Waals surface area (Å²) in [5, 5.41) is 0. The van der Waals surface area contributed by atoms with Gasteiger partial charge in [0.1, 0.15) is 12.5 Å². The lowest BCUT2D eigenvalue weighted by molar-refractivity contribution is -0.142. The number of thiocarbonyl (C=S) groups is 1. The number of aromatic nitrogens is 1. The van der Waals surface area contributed by atoms with Crippen LogP contribution < -0.4 is 5.73 Å². The number of ether oxygens (including phenoxy) is 1. The number of esters is 1. The van der Waals surface area contributed by atoms with Crippen molar-refractivity contribution in [2.75, 3.05) is 6.61 Å². The number of carbonyl (C=O) groups is 1. The Kier molecular flexibility index (Phi) is 8.19. The minimum absolute atomic E-state index is 0.0676. The standard InChI is InChI=1S/C18H24N2O2S/c1-13(2)7-6-8-14(3)10-12-22-18(21)16(17(19)23)15-9-4-5-11-20-15/h4-5,7,9-11,16H,6,8,12H2,1-3H3,(H2,19,23)/b14-10+. The van der Waals surface area contributed by atoms with E-state index >= 15 is 0 Å². The molecule has 1 aromatic heterocycles.